The highest BCUT2D eigenvalue weighted by Crippen LogP contribution is 2.40. The molecule has 36 heavy (non-hydrogen) atoms. The molecular formula is C27H22Cl2N2O4S. The number of hydrogen-bond acceptors (Lipinski definition) is 5. The third-order valence-electron chi connectivity index (χ3n) is 5.52. The molecule has 2 aromatic carbocycles. The molecule has 1 aromatic heterocycles. The van der Waals surface area contributed by atoms with Crippen LogP contribution in [-0.2, 0) is 9.53 Å². The predicted molar refractivity (Wildman–Crippen MR) is 145 cm³/mol. The average Bonchev–Trinajstić information content (AvgIpc) is 3.29. The molecule has 0 radical (unpaired) electrons. The van der Waals surface area contributed by atoms with Gasteiger partial charge in [0.05, 0.1) is 22.1 Å². The fourth-order valence-corrected chi connectivity index (χ4v) is 5.19. The van der Waals surface area contributed by atoms with Crippen molar-refractivity contribution < 1.29 is 19.4 Å². The number of aromatic nitrogens is 1. The van der Waals surface area contributed by atoms with Crippen molar-refractivity contribution in [3.63, 3.8) is 0 Å². The zero-order valence-electron chi connectivity index (χ0n) is 19.7. The first-order chi connectivity index (χ1) is 17.2. The van der Waals surface area contributed by atoms with Gasteiger partial charge in [-0.3, -0.25) is 4.79 Å². The van der Waals surface area contributed by atoms with E-state index in [4.69, 9.17) is 27.9 Å². The van der Waals surface area contributed by atoms with Crippen molar-refractivity contribution in [3.05, 3.63) is 103 Å². The van der Waals surface area contributed by atoms with Crippen LogP contribution >= 0.6 is 35.0 Å². The van der Waals surface area contributed by atoms with Crippen LogP contribution in [0.2, 0.25) is 10.0 Å². The van der Waals surface area contributed by atoms with Crippen LogP contribution in [-0.4, -0.2) is 33.2 Å². The number of benzene rings is 2. The summed E-state index contributed by atoms with van der Waals surface area (Å²) in [5.74, 6) is -1.68. The van der Waals surface area contributed by atoms with Crippen LogP contribution in [0, 0.1) is 13.8 Å². The number of nitrogens with zero attached hydrogens (tertiary/aromatic N) is 2. The lowest BCUT2D eigenvalue weighted by Gasteiger charge is -2.09. The van der Waals surface area contributed by atoms with Crippen LogP contribution < -0.4 is 0 Å². The van der Waals surface area contributed by atoms with Gasteiger partial charge in [0, 0.05) is 22.1 Å². The number of thioether (sulfide) groups is 1. The van der Waals surface area contributed by atoms with Crippen molar-refractivity contribution in [2.45, 2.75) is 20.8 Å². The molecule has 0 unspecified atom stereocenters. The van der Waals surface area contributed by atoms with Gasteiger partial charge < -0.3 is 14.4 Å². The minimum atomic E-state index is -0.761. The summed E-state index contributed by atoms with van der Waals surface area (Å²) in [6.07, 6.45) is 1.76. The maximum absolute atomic E-state index is 12.8. The molecule has 1 aliphatic heterocycles. The Morgan fingerprint density at radius 1 is 1.11 bits per heavy atom. The molecule has 3 aromatic rings. The highest BCUT2D eigenvalue weighted by atomic mass is 35.5. The normalized spacial score (nSPS) is 15.7. The van der Waals surface area contributed by atoms with Crippen LogP contribution in [0.15, 0.2) is 75.8 Å². The first-order valence-electron chi connectivity index (χ1n) is 11.0. The number of carbonyl (C=O) groups is 2. The summed E-state index contributed by atoms with van der Waals surface area (Å²) >= 11 is 13.2. The number of esters is 1. The van der Waals surface area contributed by atoms with Crippen LogP contribution in [0.25, 0.3) is 11.8 Å². The number of aliphatic hydroxyl groups excluding tert-OH is 1. The molecular weight excluding hydrogens is 519 g/mol. The second-order valence-electron chi connectivity index (χ2n) is 7.89. The number of aryl methyl sites for hydroxylation is 1. The van der Waals surface area contributed by atoms with E-state index in [2.05, 4.69) is 9.56 Å². The van der Waals surface area contributed by atoms with Gasteiger partial charge >= 0.3 is 5.97 Å². The smallest absolute Gasteiger partial charge is 0.344 e. The highest BCUT2D eigenvalue weighted by molar-refractivity contribution is 8.18. The molecule has 0 atom stereocenters. The Balaban J connectivity index is 1.76. The summed E-state index contributed by atoms with van der Waals surface area (Å²) in [4.78, 5) is 30.0. The number of aliphatic imine (C=N–C) groups is 1. The molecule has 2 heterocycles. The van der Waals surface area contributed by atoms with E-state index in [1.165, 1.54) is 0 Å². The molecule has 6 nitrogen and oxygen atoms in total. The molecule has 1 amide bonds. The summed E-state index contributed by atoms with van der Waals surface area (Å²) in [6, 6.07) is 16.0. The van der Waals surface area contributed by atoms with Gasteiger partial charge in [0.25, 0.3) is 5.91 Å². The second-order valence-corrected chi connectivity index (χ2v) is 9.77. The number of rotatable bonds is 5. The molecule has 9 heteroatoms. The standard InChI is InChI=1S/C27H22Cl2N2O4S/c1-4-35-27(34)23-24(32)22(36-26(23)30-25(33)20-7-5-6-8-21(20)29)14-17-13-15(2)31(16(17)3)19-11-9-18(28)10-12-19/h5-14,32H,4H2,1-3H3/b22-14-,30-26?. The molecule has 0 aliphatic carbocycles. The fraction of sp³-hybridized carbons (Fsp3) is 0.148. The van der Waals surface area contributed by atoms with E-state index in [0.29, 0.717) is 9.93 Å². The maximum atomic E-state index is 12.8. The van der Waals surface area contributed by atoms with Gasteiger partial charge in [0.1, 0.15) is 16.4 Å². The van der Waals surface area contributed by atoms with Crippen LogP contribution in [0.4, 0.5) is 0 Å². The lowest BCUT2D eigenvalue weighted by Crippen LogP contribution is -2.14. The van der Waals surface area contributed by atoms with Gasteiger partial charge in [-0.25, -0.2) is 9.79 Å². The van der Waals surface area contributed by atoms with Gasteiger partial charge in [0.15, 0.2) is 0 Å². The van der Waals surface area contributed by atoms with E-state index in [1.807, 2.05) is 44.2 Å². The van der Waals surface area contributed by atoms with Crippen LogP contribution in [0.3, 0.4) is 0 Å². The van der Waals surface area contributed by atoms with Crippen molar-refractivity contribution in [1.82, 2.24) is 4.57 Å². The Kier molecular flexibility index (Phi) is 7.73. The fourth-order valence-electron chi connectivity index (χ4n) is 3.84. The molecule has 0 fully saturated rings. The molecule has 1 aliphatic rings. The Morgan fingerprint density at radius 2 is 1.81 bits per heavy atom. The highest BCUT2D eigenvalue weighted by Gasteiger charge is 2.34. The molecule has 4 rings (SSSR count). The average molecular weight is 541 g/mol. The largest absolute Gasteiger partial charge is 0.506 e. The van der Waals surface area contributed by atoms with Gasteiger partial charge in [-0.15, -0.1) is 0 Å². The Hall–Kier alpha value is -3.26. The predicted octanol–water partition coefficient (Wildman–Crippen LogP) is 7.10. The maximum Gasteiger partial charge on any atom is 0.344 e. The molecule has 0 saturated heterocycles. The van der Waals surface area contributed by atoms with Crippen molar-refractivity contribution in [1.29, 1.82) is 0 Å². The number of hydrogen-bond donors (Lipinski definition) is 1. The minimum absolute atomic E-state index is 0.0497. The van der Waals surface area contributed by atoms with Crippen molar-refractivity contribution >= 4 is 58.0 Å². The summed E-state index contributed by atoms with van der Waals surface area (Å²) in [6.45, 7) is 5.69. The number of ether oxygens (including phenoxy) is 1. The molecule has 0 saturated carbocycles. The first kappa shape index (κ1) is 25.8. The van der Waals surface area contributed by atoms with Crippen molar-refractivity contribution in [2.24, 2.45) is 4.99 Å². The quantitative estimate of drug-likeness (QED) is 0.349. The molecule has 184 valence electrons. The number of halogens is 2. The lowest BCUT2D eigenvalue weighted by atomic mass is 10.1. The van der Waals surface area contributed by atoms with E-state index in [-0.39, 0.29) is 33.6 Å². The topological polar surface area (TPSA) is 80.9 Å². The van der Waals surface area contributed by atoms with E-state index in [9.17, 15) is 14.7 Å². The van der Waals surface area contributed by atoms with E-state index in [1.54, 1.807) is 37.3 Å². The summed E-state index contributed by atoms with van der Waals surface area (Å²) in [5.41, 5.74) is 3.71. The van der Waals surface area contributed by atoms with E-state index in [0.717, 1.165) is 34.4 Å². The number of carbonyl (C=O) groups excluding carboxylic acids is 2. The monoisotopic (exact) mass is 540 g/mol. The van der Waals surface area contributed by atoms with E-state index < -0.39 is 11.9 Å². The number of aliphatic hydroxyl groups is 1. The van der Waals surface area contributed by atoms with Crippen LogP contribution in [0.1, 0.15) is 34.2 Å². The third kappa shape index (κ3) is 5.14. The molecule has 0 spiro atoms. The first-order valence-corrected chi connectivity index (χ1v) is 12.6. The van der Waals surface area contributed by atoms with Crippen molar-refractivity contribution in [2.75, 3.05) is 6.61 Å². The van der Waals surface area contributed by atoms with Gasteiger partial charge in [-0.2, -0.15) is 0 Å². The second kappa shape index (κ2) is 10.8. The van der Waals surface area contributed by atoms with Gasteiger partial charge in [-0.1, -0.05) is 47.1 Å². The summed E-state index contributed by atoms with van der Waals surface area (Å²) < 4.78 is 7.18. The van der Waals surface area contributed by atoms with Crippen LogP contribution in [0.5, 0.6) is 0 Å². The van der Waals surface area contributed by atoms with Gasteiger partial charge in [0.2, 0.25) is 0 Å². The SMILES string of the molecule is CCOC(=O)C1=C(O)/C(=C/c2cc(C)n(-c3ccc(Cl)cc3)c2C)SC1=NC(=O)c1ccccc1Cl. The van der Waals surface area contributed by atoms with Crippen molar-refractivity contribution in [3.8, 4) is 5.69 Å². The minimum Gasteiger partial charge on any atom is -0.506 e. The summed E-state index contributed by atoms with van der Waals surface area (Å²) in [7, 11) is 0. The Labute approximate surface area is 222 Å². The lowest BCUT2D eigenvalue weighted by molar-refractivity contribution is -0.138. The molecule has 0 bridgehead atoms. The zero-order valence-corrected chi connectivity index (χ0v) is 22.0. The van der Waals surface area contributed by atoms with Gasteiger partial charge in [-0.05, 0) is 74.9 Å². The molecule has 1 N–H and O–H groups in total. The zero-order chi connectivity index (χ0) is 26.0. The Bertz CT molecular complexity index is 1450. The Morgan fingerprint density at radius 3 is 2.47 bits per heavy atom. The van der Waals surface area contributed by atoms with E-state index >= 15 is 0 Å². The number of amides is 1. The third-order valence-corrected chi connectivity index (χ3v) is 7.12. The summed E-state index contributed by atoms with van der Waals surface area (Å²) in [5, 5.41) is 11.9.